The number of hydrogen-bond donors (Lipinski definition) is 1. The Balaban J connectivity index is 1.82. The first-order chi connectivity index (χ1) is 10.9. The van der Waals surface area contributed by atoms with Gasteiger partial charge in [-0.25, -0.2) is 0 Å². The molecule has 3 aromatic rings. The number of carbonyl (C=O) groups excluding carboxylic acids is 1. The van der Waals surface area contributed by atoms with E-state index < -0.39 is 0 Å². The molecule has 0 radical (unpaired) electrons. The van der Waals surface area contributed by atoms with Crippen molar-refractivity contribution in [1.29, 1.82) is 0 Å². The van der Waals surface area contributed by atoms with E-state index in [-0.39, 0.29) is 12.5 Å². The first-order valence-electron chi connectivity index (χ1n) is 7.56. The molecule has 23 heavy (non-hydrogen) atoms. The van der Waals surface area contributed by atoms with Crippen LogP contribution in [0.4, 0.5) is 5.69 Å². The molecule has 0 spiro atoms. The van der Waals surface area contributed by atoms with Gasteiger partial charge in [0.2, 0.25) is 5.91 Å². The van der Waals surface area contributed by atoms with Gasteiger partial charge in [-0.2, -0.15) is 0 Å². The van der Waals surface area contributed by atoms with Crippen molar-refractivity contribution in [2.75, 3.05) is 5.32 Å². The molecule has 3 rings (SSSR count). The second-order valence-corrected chi connectivity index (χ2v) is 6.41. The van der Waals surface area contributed by atoms with Gasteiger partial charge in [0.1, 0.15) is 6.54 Å². The molecule has 1 N–H and O–H groups in total. The zero-order chi connectivity index (χ0) is 16.6. The van der Waals surface area contributed by atoms with Crippen LogP contribution in [-0.2, 0) is 11.3 Å². The Morgan fingerprint density at radius 3 is 2.48 bits per heavy atom. The summed E-state index contributed by atoms with van der Waals surface area (Å²) in [5, 5.41) is 4.77. The molecule has 118 valence electrons. The maximum atomic E-state index is 12.4. The van der Waals surface area contributed by atoms with Crippen LogP contribution >= 0.6 is 11.6 Å². The number of aromatic nitrogens is 1. The van der Waals surface area contributed by atoms with E-state index in [0.717, 1.165) is 27.7 Å². The molecule has 4 heteroatoms. The number of aryl methyl sites for hydroxylation is 3. The van der Waals surface area contributed by atoms with Gasteiger partial charge in [-0.15, -0.1) is 0 Å². The van der Waals surface area contributed by atoms with E-state index in [1.807, 2.05) is 48.9 Å². The number of anilines is 1. The number of carbonyl (C=O) groups is 1. The molecule has 0 aliphatic rings. The summed E-state index contributed by atoms with van der Waals surface area (Å²) in [6.45, 7) is 6.37. The number of benzene rings is 2. The van der Waals surface area contributed by atoms with Crippen molar-refractivity contribution in [3.63, 3.8) is 0 Å². The normalized spacial score (nSPS) is 11.0. The predicted molar refractivity (Wildman–Crippen MR) is 96.2 cm³/mol. The van der Waals surface area contributed by atoms with E-state index in [2.05, 4.69) is 24.4 Å². The predicted octanol–water partition coefficient (Wildman–Crippen LogP) is 4.86. The molecule has 0 saturated carbocycles. The molecule has 0 bridgehead atoms. The highest BCUT2D eigenvalue weighted by molar-refractivity contribution is 6.31. The van der Waals surface area contributed by atoms with Crippen LogP contribution in [0.1, 0.15) is 16.7 Å². The van der Waals surface area contributed by atoms with Crippen LogP contribution in [0.2, 0.25) is 5.02 Å². The van der Waals surface area contributed by atoms with E-state index in [9.17, 15) is 4.79 Å². The van der Waals surface area contributed by atoms with Crippen LogP contribution in [0.25, 0.3) is 10.9 Å². The zero-order valence-corrected chi connectivity index (χ0v) is 14.2. The number of rotatable bonds is 3. The van der Waals surface area contributed by atoms with Gasteiger partial charge in [0.15, 0.2) is 0 Å². The number of nitrogens with zero attached hydrogens (tertiary/aromatic N) is 1. The minimum Gasteiger partial charge on any atom is -0.338 e. The Hall–Kier alpha value is -2.26. The number of fused-ring (bicyclic) bond motifs is 1. The van der Waals surface area contributed by atoms with E-state index in [1.54, 1.807) is 0 Å². The Bertz CT molecular complexity index is 873. The summed E-state index contributed by atoms with van der Waals surface area (Å²) in [6.07, 6.45) is 1.91. The summed E-state index contributed by atoms with van der Waals surface area (Å²) in [5.41, 5.74) is 5.27. The van der Waals surface area contributed by atoms with Crippen molar-refractivity contribution < 1.29 is 4.79 Å². The lowest BCUT2D eigenvalue weighted by atomic mass is 10.1. The number of nitrogens with one attached hydrogen (secondary N) is 1. The highest BCUT2D eigenvalue weighted by Crippen LogP contribution is 2.23. The highest BCUT2D eigenvalue weighted by Gasteiger charge is 2.10. The third-order valence-electron chi connectivity index (χ3n) is 3.99. The molecule has 3 nitrogen and oxygen atoms in total. The fraction of sp³-hybridized carbons (Fsp3) is 0.211. The van der Waals surface area contributed by atoms with Crippen LogP contribution in [0.15, 0.2) is 42.6 Å². The second-order valence-electron chi connectivity index (χ2n) is 5.97. The van der Waals surface area contributed by atoms with Gasteiger partial charge < -0.3 is 9.88 Å². The molecule has 0 unspecified atom stereocenters. The van der Waals surface area contributed by atoms with Crippen molar-refractivity contribution in [2.45, 2.75) is 27.3 Å². The topological polar surface area (TPSA) is 34.0 Å². The van der Waals surface area contributed by atoms with Gasteiger partial charge >= 0.3 is 0 Å². The summed E-state index contributed by atoms with van der Waals surface area (Å²) in [4.78, 5) is 12.4. The quantitative estimate of drug-likeness (QED) is 0.732. The second kappa shape index (κ2) is 6.09. The Labute approximate surface area is 140 Å². The number of hydrogen-bond acceptors (Lipinski definition) is 1. The summed E-state index contributed by atoms with van der Waals surface area (Å²) >= 11 is 6.00. The molecule has 1 amide bonds. The zero-order valence-electron chi connectivity index (χ0n) is 13.5. The summed E-state index contributed by atoms with van der Waals surface area (Å²) < 4.78 is 1.93. The van der Waals surface area contributed by atoms with Crippen molar-refractivity contribution in [3.8, 4) is 0 Å². The molecular formula is C19H19ClN2O. The first-order valence-corrected chi connectivity index (χ1v) is 7.94. The van der Waals surface area contributed by atoms with E-state index in [4.69, 9.17) is 11.6 Å². The van der Waals surface area contributed by atoms with Gasteiger partial charge in [-0.1, -0.05) is 29.3 Å². The molecule has 0 atom stereocenters. The Kier molecular flexibility index (Phi) is 4.14. The third-order valence-corrected chi connectivity index (χ3v) is 4.22. The van der Waals surface area contributed by atoms with Crippen molar-refractivity contribution in [3.05, 3.63) is 64.3 Å². The molecule has 0 fully saturated rings. The summed E-state index contributed by atoms with van der Waals surface area (Å²) in [7, 11) is 0. The minimum atomic E-state index is -0.0347. The Morgan fingerprint density at radius 1 is 1.09 bits per heavy atom. The monoisotopic (exact) mass is 326 g/mol. The molecule has 0 aliphatic carbocycles. The van der Waals surface area contributed by atoms with Crippen LogP contribution in [0.3, 0.4) is 0 Å². The van der Waals surface area contributed by atoms with Crippen LogP contribution in [-0.4, -0.2) is 10.5 Å². The van der Waals surface area contributed by atoms with Crippen LogP contribution < -0.4 is 5.32 Å². The standard InChI is InChI=1S/C19H19ClN2O/c1-12-8-13(2)19(14(3)9-12)21-18(23)11-22-7-6-15-10-16(20)4-5-17(15)22/h4-10H,11H2,1-3H3,(H,21,23). The van der Waals surface area contributed by atoms with Crippen LogP contribution in [0.5, 0.6) is 0 Å². The van der Waals surface area contributed by atoms with Gasteiger partial charge in [-0.3, -0.25) is 4.79 Å². The average Bonchev–Trinajstić information content (AvgIpc) is 2.85. The number of halogens is 1. The molecule has 0 saturated heterocycles. The average molecular weight is 327 g/mol. The third kappa shape index (κ3) is 3.25. The van der Waals surface area contributed by atoms with E-state index in [1.165, 1.54) is 5.56 Å². The Morgan fingerprint density at radius 2 is 1.78 bits per heavy atom. The molecule has 1 heterocycles. The molecule has 1 aromatic heterocycles. The fourth-order valence-corrected chi connectivity index (χ4v) is 3.20. The van der Waals surface area contributed by atoms with Gasteiger partial charge in [-0.05, 0) is 56.2 Å². The van der Waals surface area contributed by atoms with Crippen LogP contribution in [0, 0.1) is 20.8 Å². The summed E-state index contributed by atoms with van der Waals surface area (Å²) in [6, 6.07) is 11.8. The number of amides is 1. The maximum absolute atomic E-state index is 12.4. The van der Waals surface area contributed by atoms with Crippen molar-refractivity contribution >= 4 is 34.1 Å². The smallest absolute Gasteiger partial charge is 0.244 e. The maximum Gasteiger partial charge on any atom is 0.244 e. The van der Waals surface area contributed by atoms with Crippen molar-refractivity contribution in [1.82, 2.24) is 4.57 Å². The first kappa shape index (κ1) is 15.6. The van der Waals surface area contributed by atoms with Crippen molar-refractivity contribution in [2.24, 2.45) is 0 Å². The summed E-state index contributed by atoms with van der Waals surface area (Å²) in [5.74, 6) is -0.0347. The minimum absolute atomic E-state index is 0.0347. The van der Waals surface area contributed by atoms with E-state index in [0.29, 0.717) is 5.02 Å². The van der Waals surface area contributed by atoms with Gasteiger partial charge in [0.25, 0.3) is 0 Å². The van der Waals surface area contributed by atoms with Gasteiger partial charge in [0.05, 0.1) is 0 Å². The lowest BCUT2D eigenvalue weighted by Crippen LogP contribution is -2.19. The lowest BCUT2D eigenvalue weighted by Gasteiger charge is -2.13. The molecular weight excluding hydrogens is 308 g/mol. The fourth-order valence-electron chi connectivity index (χ4n) is 3.02. The molecule has 2 aromatic carbocycles. The molecule has 0 aliphatic heterocycles. The van der Waals surface area contributed by atoms with E-state index >= 15 is 0 Å². The van der Waals surface area contributed by atoms with Gasteiger partial charge in [0, 0.05) is 27.8 Å². The largest absolute Gasteiger partial charge is 0.338 e. The highest BCUT2D eigenvalue weighted by atomic mass is 35.5. The lowest BCUT2D eigenvalue weighted by molar-refractivity contribution is -0.116. The SMILES string of the molecule is Cc1cc(C)c(NC(=O)Cn2ccc3cc(Cl)ccc32)c(C)c1.